The van der Waals surface area contributed by atoms with E-state index in [-0.39, 0.29) is 42.9 Å². The summed E-state index contributed by atoms with van der Waals surface area (Å²) < 4.78 is 21.8. The standard InChI is InChI=1S/C69H86N8O7.Mg/c1-11-52-46(7)54-39-59-61(68(80)83-40-50-23-30-76(31-24-50)34-28-70)48(9)56(73-59)37-55-47(8)53(21-22-60(78)82-36-27-45(6)20-14-19-44(5)18-13-17-43(4)16-12-15-42(2)3)65(74-55)63-64(69(81)84-41-51-25-32-77(33-26-51)35-29-71)67(79)62-49(10)57(75-66(62)63)38-58(52)72-54;/h21-27,30-33,37-39,42-44,64H,11-20,28-29,34-36,40-41,70-71H2,1-10H3;/q;+2/p+2/b45-27+,54-39?,55-37?,56-37?,57-38?,58-38?,59-39?,65-63?;. The molecule has 0 aromatic carbocycles. The van der Waals surface area contributed by atoms with E-state index in [1.54, 1.807) is 6.08 Å². The monoisotopic (exact) mass is 1160 g/mol. The van der Waals surface area contributed by atoms with Gasteiger partial charge in [-0.15, -0.1) is 22.1 Å². The summed E-state index contributed by atoms with van der Waals surface area (Å²) in [6, 6.07) is 13.2. The van der Waals surface area contributed by atoms with Crippen LogP contribution in [0.15, 0.2) is 91.1 Å². The van der Waals surface area contributed by atoms with Crippen LogP contribution in [0.2, 0.25) is 0 Å². The van der Waals surface area contributed by atoms with E-state index in [0.29, 0.717) is 111 Å². The fourth-order valence-electron chi connectivity index (χ4n) is 11.7. The zero-order valence-corrected chi connectivity index (χ0v) is 53.3. The number of ketones is 1. The van der Waals surface area contributed by atoms with Gasteiger partial charge in [0.15, 0.2) is 49.6 Å². The molecule has 5 aromatic rings. The van der Waals surface area contributed by atoms with Crippen LogP contribution in [0, 0.1) is 31.6 Å². The van der Waals surface area contributed by atoms with Crippen molar-refractivity contribution < 1.29 is 52.5 Å². The SMILES string of the molecule is CCC1=C(C)c2cc3[n-]c(cc4[nH+]c(c5c6[n-]c(cc1[nH+]2)c(C)c6C(=O)C5C(=O)OCc1cc[n+](CCN)cc1)C(/C=C/C(=O)OC/C=C(\C)CCCC(C)CCCC(C)CCCC(C)C)=C4C)c(C)c3C(=O)OCc1cc[n+](CCN)cc1.[Mg+2]. The number of allylic oxidation sites excluding steroid dienone is 6. The minimum absolute atomic E-state index is 0. The van der Waals surface area contributed by atoms with Crippen molar-refractivity contribution >= 4 is 91.1 Å². The Labute approximate surface area is 518 Å². The van der Waals surface area contributed by atoms with Crippen LogP contribution in [0.4, 0.5) is 0 Å². The molecule has 0 saturated carbocycles. The van der Waals surface area contributed by atoms with E-state index in [1.807, 2.05) is 110 Å². The molecular weight excluding hydrogens is 1080 g/mol. The molecule has 16 heteroatoms. The number of nitrogens with one attached hydrogen (secondary N) is 2. The third-order valence-electron chi connectivity index (χ3n) is 16.9. The first kappa shape index (κ1) is 65.7. The fraction of sp³-hybridized carbons (Fsp3) is 0.449. The first-order chi connectivity index (χ1) is 40.4. The predicted octanol–water partition coefficient (Wildman–Crippen LogP) is 10.3. The van der Waals surface area contributed by atoms with Gasteiger partial charge in [-0.2, -0.15) is 0 Å². The number of H-pyrrole nitrogens is 2. The predicted molar refractivity (Wildman–Crippen MR) is 333 cm³/mol. The van der Waals surface area contributed by atoms with Gasteiger partial charge in [0.25, 0.3) is 0 Å². The van der Waals surface area contributed by atoms with Gasteiger partial charge in [0.05, 0.1) is 18.7 Å². The summed E-state index contributed by atoms with van der Waals surface area (Å²) in [4.78, 5) is 75.4. The van der Waals surface area contributed by atoms with Crippen molar-refractivity contribution in [3.8, 4) is 0 Å². The van der Waals surface area contributed by atoms with Crippen molar-refractivity contribution in [3.63, 3.8) is 0 Å². The Kier molecular flexibility index (Phi) is 23.6. The number of nitrogens with two attached hydrogens (primary N) is 2. The Bertz CT molecular complexity index is 3550. The molecule has 444 valence electrons. The van der Waals surface area contributed by atoms with Crippen LogP contribution >= 0.6 is 0 Å². The Morgan fingerprint density at radius 1 is 0.706 bits per heavy atom. The van der Waals surface area contributed by atoms with E-state index in [1.165, 1.54) is 50.2 Å². The van der Waals surface area contributed by atoms with E-state index >= 15 is 4.79 Å². The zero-order valence-electron chi connectivity index (χ0n) is 51.9. The van der Waals surface area contributed by atoms with Crippen molar-refractivity contribution in [2.24, 2.45) is 29.2 Å². The van der Waals surface area contributed by atoms with Crippen LogP contribution in [-0.2, 0) is 50.1 Å². The number of aromatic nitrogens is 6. The molecule has 0 spiro atoms. The summed E-state index contributed by atoms with van der Waals surface area (Å²) in [5.41, 5.74) is 23.9. The van der Waals surface area contributed by atoms with Gasteiger partial charge in [0.1, 0.15) is 19.8 Å². The molecule has 0 amide bonds. The fourth-order valence-corrected chi connectivity index (χ4v) is 11.7. The Morgan fingerprint density at radius 2 is 1.27 bits per heavy atom. The van der Waals surface area contributed by atoms with E-state index in [0.717, 1.165) is 64.8 Å². The smallest absolute Gasteiger partial charge is 0.657 e. The number of hydrogen-bond donors (Lipinski definition) is 2. The Morgan fingerprint density at radius 3 is 1.88 bits per heavy atom. The minimum Gasteiger partial charge on any atom is -0.657 e. The number of carbonyl (C=O) groups is 4. The average molecular weight is 1170 g/mol. The summed E-state index contributed by atoms with van der Waals surface area (Å²) in [7, 11) is 0. The molecule has 8 bridgehead atoms. The number of carbonyl (C=O) groups excluding carboxylic acids is 4. The van der Waals surface area contributed by atoms with Gasteiger partial charge in [0.2, 0.25) is 22.8 Å². The maximum Gasteiger partial charge on any atom is 2.00 e. The molecule has 0 saturated heterocycles. The largest absolute Gasteiger partial charge is 2.00 e. The number of aromatic amines is 2. The number of pyridine rings is 2. The topological polar surface area (TPSA) is 212 Å². The van der Waals surface area contributed by atoms with Crippen LogP contribution in [0.5, 0.6) is 0 Å². The number of Topliss-reactive ketones (excluding diaryl/α,β-unsaturated/α-hetero) is 1. The van der Waals surface area contributed by atoms with Crippen LogP contribution in [0.1, 0.15) is 197 Å². The second kappa shape index (κ2) is 30.5. The van der Waals surface area contributed by atoms with Crippen molar-refractivity contribution in [1.29, 1.82) is 0 Å². The van der Waals surface area contributed by atoms with Crippen LogP contribution in [0.25, 0.3) is 44.4 Å². The molecule has 8 rings (SSSR count). The van der Waals surface area contributed by atoms with E-state index < -0.39 is 29.6 Å². The minimum atomic E-state index is -1.41. The molecule has 0 radical (unpaired) electrons. The molecule has 0 fully saturated rings. The van der Waals surface area contributed by atoms with Gasteiger partial charge in [-0.05, 0) is 102 Å². The third-order valence-corrected chi connectivity index (χ3v) is 16.9. The summed E-state index contributed by atoms with van der Waals surface area (Å²) in [6.45, 7) is 23.4. The Balaban J connectivity index is 0.0000104. The van der Waals surface area contributed by atoms with Crippen molar-refractivity contribution in [3.05, 3.63) is 153 Å². The van der Waals surface area contributed by atoms with Gasteiger partial charge in [-0.25, -0.2) is 28.7 Å². The van der Waals surface area contributed by atoms with E-state index in [2.05, 4.69) is 51.5 Å². The van der Waals surface area contributed by atoms with Gasteiger partial charge < -0.3 is 35.6 Å². The van der Waals surface area contributed by atoms with Gasteiger partial charge in [-0.3, -0.25) is 9.59 Å². The summed E-state index contributed by atoms with van der Waals surface area (Å²) >= 11 is 0. The summed E-state index contributed by atoms with van der Waals surface area (Å²) in [5.74, 6) is -1.46. The maximum atomic E-state index is 15.1. The van der Waals surface area contributed by atoms with Crippen molar-refractivity contribution in [1.82, 2.24) is 9.97 Å². The number of esters is 3. The average Bonchev–Trinajstić information content (AvgIpc) is 1.75. The van der Waals surface area contributed by atoms with E-state index in [9.17, 15) is 14.4 Å². The second-order valence-corrected chi connectivity index (χ2v) is 23.8. The van der Waals surface area contributed by atoms with Gasteiger partial charge in [-0.1, -0.05) is 96.3 Å². The van der Waals surface area contributed by atoms with Gasteiger partial charge >= 0.3 is 41.0 Å². The molecule has 7 heterocycles. The third kappa shape index (κ3) is 16.2. The summed E-state index contributed by atoms with van der Waals surface area (Å²) in [6.07, 6.45) is 24.2. The first-order valence-electron chi connectivity index (χ1n) is 30.3. The van der Waals surface area contributed by atoms with Crippen molar-refractivity contribution in [2.75, 3.05) is 19.7 Å². The quantitative estimate of drug-likeness (QED) is 0.00960. The number of nitrogens with zero attached hydrogens (tertiary/aromatic N) is 4. The van der Waals surface area contributed by atoms with E-state index in [4.69, 9.17) is 35.6 Å². The first-order valence-corrected chi connectivity index (χ1v) is 30.3. The summed E-state index contributed by atoms with van der Waals surface area (Å²) in [5, 5.41) is 0. The van der Waals surface area contributed by atoms with Crippen LogP contribution < -0.4 is 40.5 Å². The number of fused-ring (bicyclic) bond motifs is 8. The molecule has 1 aliphatic carbocycles. The Hall–Kier alpha value is -6.85. The molecule has 3 unspecified atom stereocenters. The van der Waals surface area contributed by atoms with Crippen molar-refractivity contribution in [2.45, 2.75) is 166 Å². The number of ether oxygens (including phenoxy) is 3. The molecule has 3 aliphatic rings. The molecule has 3 atom stereocenters. The molecule has 15 nitrogen and oxygen atoms in total. The molecule has 5 aromatic heterocycles. The zero-order chi connectivity index (χ0) is 60.2. The van der Waals surface area contributed by atoms with Crippen LogP contribution in [-0.4, -0.2) is 66.4 Å². The molecule has 2 aliphatic heterocycles. The number of rotatable bonds is 27. The molecular formula is C69H88MgN8O7+4. The second-order valence-electron chi connectivity index (χ2n) is 23.8. The van der Waals surface area contributed by atoms with Gasteiger partial charge in [0, 0.05) is 74.9 Å². The molecule has 6 N–H and O–H groups in total. The number of hydrogen-bond acceptors (Lipinski definition) is 9. The molecule has 85 heavy (non-hydrogen) atoms. The number of aryl methyl sites for hydroxylation is 2. The normalized spacial score (nSPS) is 14.8. The van der Waals surface area contributed by atoms with Crippen LogP contribution in [0.3, 0.4) is 0 Å². The maximum absolute atomic E-state index is 15.1.